The quantitative estimate of drug-likeness (QED) is 0.189. The van der Waals surface area contributed by atoms with E-state index >= 15 is 0 Å². The van der Waals surface area contributed by atoms with Gasteiger partial charge in [0.15, 0.2) is 5.75 Å². The van der Waals surface area contributed by atoms with Crippen molar-refractivity contribution in [2.45, 2.75) is 12.3 Å². The Kier molecular flexibility index (Phi) is 7.39. The molecule has 1 atom stereocenters. The zero-order valence-electron chi connectivity index (χ0n) is 23.7. The van der Waals surface area contributed by atoms with E-state index in [0.717, 1.165) is 10.6 Å². The zero-order valence-corrected chi connectivity index (χ0v) is 24.5. The van der Waals surface area contributed by atoms with Crippen LogP contribution in [0, 0.1) is 17.0 Å². The summed E-state index contributed by atoms with van der Waals surface area (Å²) >= 11 is 0. The summed E-state index contributed by atoms with van der Waals surface area (Å²) in [7, 11) is -3.06. The Morgan fingerprint density at radius 1 is 0.978 bits per heavy atom. The molecule has 6 rings (SSSR count). The van der Waals surface area contributed by atoms with Crippen LogP contribution in [-0.4, -0.2) is 41.3 Å². The first-order chi connectivity index (χ1) is 21.6. The van der Waals surface area contributed by atoms with Gasteiger partial charge in [-0.1, -0.05) is 35.4 Å². The van der Waals surface area contributed by atoms with Crippen LogP contribution in [0.2, 0.25) is 0 Å². The van der Waals surface area contributed by atoms with Crippen molar-refractivity contribution in [3.05, 3.63) is 117 Å². The van der Waals surface area contributed by atoms with E-state index in [1.54, 1.807) is 54.6 Å². The highest BCUT2D eigenvalue weighted by Crippen LogP contribution is 2.33. The number of hydrogen-bond acceptors (Lipinski definition) is 11. The van der Waals surface area contributed by atoms with E-state index in [2.05, 4.69) is 15.3 Å². The van der Waals surface area contributed by atoms with Crippen LogP contribution in [0.4, 0.5) is 17.1 Å². The first kappa shape index (κ1) is 29.3. The number of carbonyl (C=O) groups is 1. The summed E-state index contributed by atoms with van der Waals surface area (Å²) in [5, 5.41) is 11.4. The van der Waals surface area contributed by atoms with E-state index in [1.165, 1.54) is 48.1 Å². The number of fused-ring (bicyclic) bond motifs is 1. The first-order valence-corrected chi connectivity index (χ1v) is 14.9. The summed E-state index contributed by atoms with van der Waals surface area (Å²) in [6, 6.07) is 23.5. The lowest BCUT2D eigenvalue weighted by molar-refractivity contribution is -0.385. The molecule has 1 unspecified atom stereocenters. The molecule has 45 heavy (non-hydrogen) atoms. The topological polar surface area (TPSA) is 175 Å². The third-order valence-electron chi connectivity index (χ3n) is 7.08. The minimum Gasteiger partial charge on any atom is -0.490 e. The molecule has 0 bridgehead atoms. The molecular weight excluding hydrogens is 604 g/mol. The maximum Gasteiger partial charge on any atom is 0.368 e. The predicted molar refractivity (Wildman–Crippen MR) is 165 cm³/mol. The average molecular weight is 629 g/mol. The minimum atomic E-state index is -4.37. The van der Waals surface area contributed by atoms with Crippen molar-refractivity contribution in [3.8, 4) is 22.8 Å². The highest BCUT2D eigenvalue weighted by Gasteiger charge is 2.46. The van der Waals surface area contributed by atoms with Crippen molar-refractivity contribution in [1.29, 1.82) is 0 Å². The molecule has 1 saturated heterocycles. The van der Waals surface area contributed by atoms with Crippen molar-refractivity contribution in [2.75, 3.05) is 16.8 Å². The van der Waals surface area contributed by atoms with Gasteiger partial charge in [-0.3, -0.25) is 24.2 Å². The van der Waals surface area contributed by atoms with E-state index in [-0.39, 0.29) is 28.5 Å². The number of nitro groups is 1. The van der Waals surface area contributed by atoms with Gasteiger partial charge in [0.1, 0.15) is 5.82 Å². The highest BCUT2D eigenvalue weighted by atomic mass is 32.2. The number of para-hydroxylation sites is 1. The van der Waals surface area contributed by atoms with Gasteiger partial charge in [-0.05, 0) is 67.6 Å². The molecule has 1 aromatic heterocycles. The number of nitrogens with zero attached hydrogens (tertiary/aromatic N) is 4. The number of carbonyl (C=O) groups excluding carboxylic acids is 1. The fraction of sp³-hybridized carbons (Fsp3) is 0.100. The fourth-order valence-corrected chi connectivity index (χ4v) is 6.21. The summed E-state index contributed by atoms with van der Waals surface area (Å²) in [6.45, 7) is 1.87. The van der Waals surface area contributed by atoms with Crippen LogP contribution in [0.5, 0.6) is 5.75 Å². The SMILES string of the molecule is COc1ccc(-c2nc3ccccc3c(=O)n2-c2ccc(NS(=O)(=O)C3C(=O)ONN3c3ccc(C)cc3)cc2)cc1[N+](=O)[O-]. The van der Waals surface area contributed by atoms with Gasteiger partial charge in [0.2, 0.25) is 0 Å². The van der Waals surface area contributed by atoms with Crippen molar-refractivity contribution in [2.24, 2.45) is 0 Å². The number of methoxy groups -OCH3 is 1. The number of benzene rings is 4. The standard InChI is InChI=1S/C30H24N6O8S/c1-18-7-12-22(13-8-18)35-29(30(38)44-33-35)45(41,42)32-20-10-14-21(15-11-20)34-27(31-24-6-4-3-5-23(24)28(34)37)19-9-16-26(43-2)25(17-19)36(39)40/h3-17,29,32-33H,1-2H3. The van der Waals surface area contributed by atoms with Crippen LogP contribution in [0.15, 0.2) is 95.8 Å². The normalized spacial score (nSPS) is 14.8. The number of aryl methyl sites for hydroxylation is 1. The highest BCUT2D eigenvalue weighted by molar-refractivity contribution is 7.94. The second-order valence-corrected chi connectivity index (χ2v) is 11.7. The molecule has 0 spiro atoms. The second-order valence-electron chi connectivity index (χ2n) is 10.0. The fourth-order valence-electron chi connectivity index (χ4n) is 4.89. The Balaban J connectivity index is 1.38. The molecule has 0 saturated carbocycles. The Morgan fingerprint density at radius 2 is 1.67 bits per heavy atom. The monoisotopic (exact) mass is 628 g/mol. The molecule has 2 N–H and O–H groups in total. The molecule has 0 amide bonds. The summed E-state index contributed by atoms with van der Waals surface area (Å²) in [5.41, 5.74) is 3.99. The lowest BCUT2D eigenvalue weighted by Gasteiger charge is -2.22. The van der Waals surface area contributed by atoms with Gasteiger partial charge in [-0.2, -0.15) is 0 Å². The van der Waals surface area contributed by atoms with Gasteiger partial charge in [-0.15, -0.1) is 0 Å². The molecule has 0 aliphatic carbocycles. The lowest BCUT2D eigenvalue weighted by atomic mass is 10.1. The number of rotatable bonds is 8. The van der Waals surface area contributed by atoms with E-state index in [0.29, 0.717) is 22.3 Å². The van der Waals surface area contributed by atoms with Crippen LogP contribution >= 0.6 is 0 Å². The minimum absolute atomic E-state index is 0.0392. The Hall–Kier alpha value is -5.80. The molecule has 1 fully saturated rings. The summed E-state index contributed by atoms with van der Waals surface area (Å²) in [4.78, 5) is 46.9. The molecule has 2 heterocycles. The number of anilines is 2. The zero-order chi connectivity index (χ0) is 31.9. The smallest absolute Gasteiger partial charge is 0.368 e. The maximum absolute atomic E-state index is 13.8. The first-order valence-electron chi connectivity index (χ1n) is 13.4. The van der Waals surface area contributed by atoms with Gasteiger partial charge in [-0.25, -0.2) is 23.2 Å². The predicted octanol–water partition coefficient (Wildman–Crippen LogP) is 3.83. The Bertz CT molecular complexity index is 2130. The molecule has 228 valence electrons. The van der Waals surface area contributed by atoms with E-state index < -0.39 is 31.8 Å². The number of sulfonamides is 1. The van der Waals surface area contributed by atoms with Crippen LogP contribution in [-0.2, 0) is 19.7 Å². The number of nitro benzene ring substituents is 1. The molecular formula is C30H24N6O8S. The second kappa shape index (κ2) is 11.4. The largest absolute Gasteiger partial charge is 0.490 e. The molecule has 5 aromatic rings. The van der Waals surface area contributed by atoms with Crippen molar-refractivity contribution >= 4 is 44.0 Å². The van der Waals surface area contributed by atoms with Crippen LogP contribution in [0.25, 0.3) is 28.0 Å². The maximum atomic E-state index is 13.8. The van der Waals surface area contributed by atoms with Crippen LogP contribution in [0.1, 0.15) is 5.56 Å². The van der Waals surface area contributed by atoms with E-state index in [9.17, 15) is 28.1 Å². The van der Waals surface area contributed by atoms with Gasteiger partial charge >= 0.3 is 11.7 Å². The third kappa shape index (κ3) is 5.41. The van der Waals surface area contributed by atoms with Crippen molar-refractivity contribution < 1.29 is 27.7 Å². The molecule has 15 heteroatoms. The van der Waals surface area contributed by atoms with Gasteiger partial charge in [0.05, 0.1) is 34.3 Å². The molecule has 0 radical (unpaired) electrons. The van der Waals surface area contributed by atoms with Gasteiger partial charge < -0.3 is 9.57 Å². The molecule has 1 aliphatic rings. The number of nitrogens with one attached hydrogen (secondary N) is 2. The lowest BCUT2D eigenvalue weighted by Crippen LogP contribution is -2.46. The number of aromatic nitrogens is 2. The molecule has 4 aromatic carbocycles. The van der Waals surface area contributed by atoms with Gasteiger partial charge in [0, 0.05) is 17.3 Å². The van der Waals surface area contributed by atoms with Gasteiger partial charge in [0.25, 0.3) is 21.0 Å². The number of hydrogen-bond donors (Lipinski definition) is 2. The van der Waals surface area contributed by atoms with E-state index in [1.807, 2.05) is 6.92 Å². The summed E-state index contributed by atoms with van der Waals surface area (Å²) in [6.07, 6.45) is 0. The Labute approximate surface area is 255 Å². The molecule has 14 nitrogen and oxygen atoms in total. The summed E-state index contributed by atoms with van der Waals surface area (Å²) in [5.74, 6) is -0.865. The number of ether oxygens (including phenoxy) is 1. The van der Waals surface area contributed by atoms with E-state index in [4.69, 9.17) is 9.57 Å². The summed E-state index contributed by atoms with van der Waals surface area (Å²) < 4.78 is 35.5. The third-order valence-corrected chi connectivity index (χ3v) is 8.59. The number of hydrazine groups is 1. The van der Waals surface area contributed by atoms with Crippen molar-refractivity contribution in [3.63, 3.8) is 0 Å². The van der Waals surface area contributed by atoms with Crippen LogP contribution < -0.4 is 25.6 Å². The Morgan fingerprint density at radius 3 is 2.36 bits per heavy atom. The molecule has 1 aliphatic heterocycles. The average Bonchev–Trinajstić information content (AvgIpc) is 3.43. The van der Waals surface area contributed by atoms with Crippen LogP contribution in [0.3, 0.4) is 0 Å². The van der Waals surface area contributed by atoms with Crippen molar-refractivity contribution in [1.82, 2.24) is 15.1 Å².